The number of carbonyl (C=O) groups is 1. The minimum absolute atomic E-state index is 0.217. The van der Waals surface area contributed by atoms with Crippen LogP contribution in [0.3, 0.4) is 0 Å². The molecule has 1 N–H and O–H groups in total. The quantitative estimate of drug-likeness (QED) is 0.580. The van der Waals surface area contributed by atoms with Crippen LogP contribution in [0.2, 0.25) is 5.15 Å². The number of methoxy groups -OCH3 is 1. The van der Waals surface area contributed by atoms with Crippen LogP contribution in [0.15, 0.2) is 24.4 Å². The number of nitrogens with zero attached hydrogens (tertiary/aromatic N) is 4. The minimum Gasteiger partial charge on any atom is -0.465 e. The summed E-state index contributed by atoms with van der Waals surface area (Å²) in [5, 5.41) is 3.38. The number of nitrogens with one attached hydrogen (secondary N) is 1. The van der Waals surface area contributed by atoms with Gasteiger partial charge in [-0.1, -0.05) is 11.6 Å². The first-order valence-corrected chi connectivity index (χ1v) is 9.34. The molecule has 2 aromatic heterocycles. The molecule has 1 fully saturated rings. The van der Waals surface area contributed by atoms with Crippen LogP contribution in [0.1, 0.15) is 16.1 Å². The summed E-state index contributed by atoms with van der Waals surface area (Å²) in [5.74, 6) is 0.119. The first kappa shape index (κ1) is 20.3. The Labute approximate surface area is 169 Å². The first-order valence-electron chi connectivity index (χ1n) is 8.96. The van der Waals surface area contributed by atoms with Crippen molar-refractivity contribution < 1.29 is 14.3 Å². The van der Waals surface area contributed by atoms with Crippen LogP contribution < -0.4 is 10.2 Å². The highest BCUT2D eigenvalue weighted by molar-refractivity contribution is 6.29. The Morgan fingerprint density at radius 2 is 2.11 bits per heavy atom. The predicted molar refractivity (Wildman–Crippen MR) is 109 cm³/mol. The number of hydrogen-bond donors (Lipinski definition) is 1. The number of esters is 1. The minimum atomic E-state index is -0.495. The highest BCUT2D eigenvalue weighted by Gasteiger charge is 2.18. The van der Waals surface area contributed by atoms with Gasteiger partial charge in [-0.2, -0.15) is 0 Å². The molecule has 0 spiro atoms. The third-order valence-electron chi connectivity index (χ3n) is 4.31. The Morgan fingerprint density at radius 1 is 1.36 bits per heavy atom. The van der Waals surface area contributed by atoms with E-state index < -0.39 is 5.97 Å². The molecule has 1 aliphatic heterocycles. The van der Waals surface area contributed by atoms with Gasteiger partial charge in [0.2, 0.25) is 0 Å². The topological polar surface area (TPSA) is 79.8 Å². The monoisotopic (exact) mass is 405 g/mol. The fourth-order valence-corrected chi connectivity index (χ4v) is 3.18. The molecular weight excluding hydrogens is 382 g/mol. The summed E-state index contributed by atoms with van der Waals surface area (Å²) < 4.78 is 10.3. The molecule has 0 aromatic carbocycles. The largest absolute Gasteiger partial charge is 0.465 e. The van der Waals surface area contributed by atoms with Crippen LogP contribution in [0.4, 0.5) is 17.2 Å². The number of anilines is 3. The van der Waals surface area contributed by atoms with E-state index in [1.54, 1.807) is 0 Å². The molecule has 1 saturated heterocycles. The smallest absolute Gasteiger partial charge is 0.340 e. The average Bonchev–Trinajstić information content (AvgIpc) is 2.69. The van der Waals surface area contributed by atoms with E-state index >= 15 is 0 Å². The SMILES string of the molecule is COC(=O)c1cc(Cl)ncc1Nc1ccc(N2CCOCC2)c(CN(C)C)n1. The molecule has 0 radical (unpaired) electrons. The normalized spacial score (nSPS) is 14.2. The third-order valence-corrected chi connectivity index (χ3v) is 4.51. The molecule has 0 aliphatic carbocycles. The molecule has 0 amide bonds. The Kier molecular flexibility index (Phi) is 6.66. The summed E-state index contributed by atoms with van der Waals surface area (Å²) in [5.41, 5.74) is 2.82. The van der Waals surface area contributed by atoms with Gasteiger partial charge in [-0.05, 0) is 32.3 Å². The number of morpholine rings is 1. The van der Waals surface area contributed by atoms with E-state index in [9.17, 15) is 4.79 Å². The van der Waals surface area contributed by atoms with Crippen molar-refractivity contribution in [2.45, 2.75) is 6.54 Å². The van der Waals surface area contributed by atoms with Gasteiger partial charge in [-0.15, -0.1) is 0 Å². The zero-order valence-electron chi connectivity index (χ0n) is 16.2. The summed E-state index contributed by atoms with van der Waals surface area (Å²) in [4.78, 5) is 25.2. The highest BCUT2D eigenvalue weighted by Crippen LogP contribution is 2.27. The molecular formula is C19H24ClN5O3. The van der Waals surface area contributed by atoms with Crippen molar-refractivity contribution in [1.29, 1.82) is 0 Å². The van der Waals surface area contributed by atoms with E-state index in [1.165, 1.54) is 19.4 Å². The maximum absolute atomic E-state index is 12.1. The second-order valence-corrected chi connectivity index (χ2v) is 7.06. The molecule has 0 atom stereocenters. The molecule has 8 nitrogen and oxygen atoms in total. The van der Waals surface area contributed by atoms with Gasteiger partial charge in [0.1, 0.15) is 11.0 Å². The highest BCUT2D eigenvalue weighted by atomic mass is 35.5. The second-order valence-electron chi connectivity index (χ2n) is 6.67. The van der Waals surface area contributed by atoms with Crippen LogP contribution >= 0.6 is 11.6 Å². The van der Waals surface area contributed by atoms with Crippen molar-refractivity contribution in [2.75, 3.05) is 57.7 Å². The number of halogens is 1. The number of carbonyl (C=O) groups excluding carboxylic acids is 1. The van der Waals surface area contributed by atoms with E-state index in [0.717, 1.165) is 24.5 Å². The van der Waals surface area contributed by atoms with Crippen LogP contribution in [-0.4, -0.2) is 68.3 Å². The van der Waals surface area contributed by atoms with E-state index in [0.29, 0.717) is 36.8 Å². The number of aromatic nitrogens is 2. The van der Waals surface area contributed by atoms with Crippen LogP contribution in [0.25, 0.3) is 0 Å². The lowest BCUT2D eigenvalue weighted by atomic mass is 10.2. The third kappa shape index (κ3) is 4.89. The van der Waals surface area contributed by atoms with Gasteiger partial charge in [0.15, 0.2) is 0 Å². The molecule has 9 heteroatoms. The van der Waals surface area contributed by atoms with Gasteiger partial charge in [0.05, 0.1) is 49.2 Å². The molecule has 1 aliphatic rings. The number of rotatable bonds is 6. The summed E-state index contributed by atoms with van der Waals surface area (Å²) in [6.45, 7) is 3.77. The van der Waals surface area contributed by atoms with Gasteiger partial charge in [0, 0.05) is 19.6 Å². The molecule has 0 saturated carbocycles. The van der Waals surface area contributed by atoms with E-state index in [2.05, 4.69) is 20.1 Å². The molecule has 2 aromatic rings. The Morgan fingerprint density at radius 3 is 2.79 bits per heavy atom. The summed E-state index contributed by atoms with van der Waals surface area (Å²) in [6.07, 6.45) is 1.50. The van der Waals surface area contributed by atoms with Gasteiger partial charge in [0.25, 0.3) is 0 Å². The Bertz CT molecular complexity index is 840. The average molecular weight is 406 g/mol. The van der Waals surface area contributed by atoms with Crippen LogP contribution in [-0.2, 0) is 16.0 Å². The van der Waals surface area contributed by atoms with Crippen molar-refractivity contribution in [2.24, 2.45) is 0 Å². The van der Waals surface area contributed by atoms with E-state index in [-0.39, 0.29) is 5.15 Å². The lowest BCUT2D eigenvalue weighted by molar-refractivity contribution is 0.0601. The maximum Gasteiger partial charge on any atom is 0.340 e. The predicted octanol–water partition coefficient (Wildman–Crippen LogP) is 2.56. The van der Waals surface area contributed by atoms with Crippen molar-refractivity contribution in [3.05, 3.63) is 40.8 Å². The van der Waals surface area contributed by atoms with Gasteiger partial charge in [-0.25, -0.2) is 14.8 Å². The number of ether oxygens (including phenoxy) is 2. The van der Waals surface area contributed by atoms with Gasteiger partial charge < -0.3 is 24.6 Å². The van der Waals surface area contributed by atoms with Crippen molar-refractivity contribution in [3.63, 3.8) is 0 Å². The van der Waals surface area contributed by atoms with Crippen LogP contribution in [0.5, 0.6) is 0 Å². The Hall–Kier alpha value is -2.42. The van der Waals surface area contributed by atoms with Gasteiger partial charge in [-0.3, -0.25) is 0 Å². The van der Waals surface area contributed by atoms with Crippen molar-refractivity contribution in [3.8, 4) is 0 Å². The van der Waals surface area contributed by atoms with Crippen LogP contribution in [0, 0.1) is 0 Å². The van der Waals surface area contributed by atoms with Crippen molar-refractivity contribution in [1.82, 2.24) is 14.9 Å². The van der Waals surface area contributed by atoms with E-state index in [1.807, 2.05) is 26.2 Å². The second kappa shape index (κ2) is 9.18. The lowest BCUT2D eigenvalue weighted by Gasteiger charge is -2.31. The molecule has 3 rings (SSSR count). The molecule has 150 valence electrons. The summed E-state index contributed by atoms with van der Waals surface area (Å²) in [6, 6.07) is 5.40. The Balaban J connectivity index is 1.92. The molecule has 28 heavy (non-hydrogen) atoms. The standard InChI is InChI=1S/C19H24ClN5O3/c1-24(2)12-15-16(25-6-8-28-9-7-25)4-5-18(23-15)22-14-11-21-17(20)10-13(14)19(26)27-3/h4-5,10-11H,6-9,12H2,1-3H3,(H,22,23). The fourth-order valence-electron chi connectivity index (χ4n) is 3.02. The number of pyridine rings is 2. The number of hydrogen-bond acceptors (Lipinski definition) is 8. The zero-order valence-corrected chi connectivity index (χ0v) is 17.0. The molecule has 0 bridgehead atoms. The molecule has 0 unspecified atom stereocenters. The lowest BCUT2D eigenvalue weighted by Crippen LogP contribution is -2.37. The maximum atomic E-state index is 12.1. The van der Waals surface area contributed by atoms with Gasteiger partial charge >= 0.3 is 5.97 Å². The zero-order chi connectivity index (χ0) is 20.1. The molecule has 3 heterocycles. The summed E-state index contributed by atoms with van der Waals surface area (Å²) >= 11 is 5.93. The summed E-state index contributed by atoms with van der Waals surface area (Å²) in [7, 11) is 5.33. The van der Waals surface area contributed by atoms with Crippen molar-refractivity contribution >= 4 is 34.8 Å². The van der Waals surface area contributed by atoms with E-state index in [4.69, 9.17) is 26.1 Å². The fraction of sp³-hybridized carbons (Fsp3) is 0.421. The first-order chi connectivity index (χ1) is 13.5.